The summed E-state index contributed by atoms with van der Waals surface area (Å²) >= 11 is 0. The largest absolute Gasteiger partial charge is 0.325 e. The Morgan fingerprint density at radius 1 is 1.33 bits per heavy atom. The lowest BCUT2D eigenvalue weighted by atomic mass is 9.89. The summed E-state index contributed by atoms with van der Waals surface area (Å²) in [7, 11) is 0. The summed E-state index contributed by atoms with van der Waals surface area (Å²) in [6.45, 7) is 1.87. The zero-order valence-corrected chi connectivity index (χ0v) is 12.0. The van der Waals surface area contributed by atoms with Crippen molar-refractivity contribution in [2.24, 2.45) is 0 Å². The van der Waals surface area contributed by atoms with Crippen LogP contribution in [0.3, 0.4) is 0 Å². The van der Waals surface area contributed by atoms with Crippen LogP contribution < -0.4 is 5.32 Å². The van der Waals surface area contributed by atoms with Crippen molar-refractivity contribution in [1.82, 2.24) is 10.2 Å². The summed E-state index contributed by atoms with van der Waals surface area (Å²) < 4.78 is 0. The zero-order chi connectivity index (χ0) is 15.0. The van der Waals surface area contributed by atoms with Crippen molar-refractivity contribution in [1.29, 1.82) is 5.26 Å². The topological polar surface area (TPSA) is 73.2 Å². The van der Waals surface area contributed by atoms with E-state index >= 15 is 0 Å². The second kappa shape index (κ2) is 4.88. The Labute approximate surface area is 123 Å². The van der Waals surface area contributed by atoms with Gasteiger partial charge in [-0.25, -0.2) is 4.79 Å². The number of hydrogen-bond acceptors (Lipinski definition) is 3. The van der Waals surface area contributed by atoms with E-state index in [0.29, 0.717) is 0 Å². The first-order valence-corrected chi connectivity index (χ1v) is 7.19. The highest BCUT2D eigenvalue weighted by Crippen LogP contribution is 2.32. The second-order valence-corrected chi connectivity index (χ2v) is 5.76. The molecule has 1 aromatic carbocycles. The van der Waals surface area contributed by atoms with E-state index in [4.69, 9.17) is 5.26 Å². The highest BCUT2D eigenvalue weighted by atomic mass is 16.2. The molecular formula is C16H17N3O2. The maximum atomic E-state index is 12.6. The van der Waals surface area contributed by atoms with E-state index in [1.807, 2.05) is 18.2 Å². The summed E-state index contributed by atoms with van der Waals surface area (Å²) in [5.74, 6) is -0.277. The molecule has 21 heavy (non-hydrogen) atoms. The van der Waals surface area contributed by atoms with Gasteiger partial charge in [0.25, 0.3) is 5.91 Å². The molecule has 1 saturated heterocycles. The summed E-state index contributed by atoms with van der Waals surface area (Å²) in [6, 6.07) is 7.56. The fourth-order valence-corrected chi connectivity index (χ4v) is 3.14. The van der Waals surface area contributed by atoms with Crippen LogP contribution in [0.25, 0.3) is 0 Å². The molecule has 3 amide bonds. The predicted molar refractivity (Wildman–Crippen MR) is 76.3 cm³/mol. The van der Waals surface area contributed by atoms with Crippen molar-refractivity contribution in [3.63, 3.8) is 0 Å². The van der Waals surface area contributed by atoms with E-state index in [2.05, 4.69) is 11.4 Å². The third-order valence-corrected chi connectivity index (χ3v) is 4.40. The molecule has 1 atom stereocenters. The Morgan fingerprint density at radius 2 is 2.10 bits per heavy atom. The standard InChI is InChI=1S/C16H17N3O2/c1-16(13-7-6-11-4-2-5-12(11)10-13)14(20)19(9-3-8-17)15(21)18-16/h6-7,10H,2-5,9H2,1H3,(H,18,21)/t16-/m1/s1. The summed E-state index contributed by atoms with van der Waals surface area (Å²) in [5, 5.41) is 11.4. The number of amides is 3. The van der Waals surface area contributed by atoms with Crippen molar-refractivity contribution in [3.05, 3.63) is 34.9 Å². The Bertz CT molecular complexity index is 662. The van der Waals surface area contributed by atoms with E-state index in [-0.39, 0.29) is 18.9 Å². The molecule has 1 heterocycles. The molecule has 0 bridgehead atoms. The molecule has 0 unspecified atom stereocenters. The first-order valence-electron chi connectivity index (χ1n) is 7.19. The lowest BCUT2D eigenvalue weighted by molar-refractivity contribution is -0.131. The number of fused-ring (bicyclic) bond motifs is 1. The molecule has 5 heteroatoms. The number of hydrogen-bond donors (Lipinski definition) is 1. The molecule has 1 aliphatic carbocycles. The number of nitrogens with one attached hydrogen (secondary N) is 1. The van der Waals surface area contributed by atoms with Crippen molar-refractivity contribution in [3.8, 4) is 6.07 Å². The normalized spacial score (nSPS) is 23.9. The molecule has 0 radical (unpaired) electrons. The number of nitrogens with zero attached hydrogens (tertiary/aromatic N) is 2. The van der Waals surface area contributed by atoms with Crippen LogP contribution in [-0.4, -0.2) is 23.4 Å². The van der Waals surface area contributed by atoms with Crippen LogP contribution in [0.1, 0.15) is 36.5 Å². The minimum atomic E-state index is -1.02. The molecule has 1 aromatic rings. The van der Waals surface area contributed by atoms with Crippen molar-refractivity contribution >= 4 is 11.9 Å². The van der Waals surface area contributed by atoms with Crippen molar-refractivity contribution in [2.75, 3.05) is 6.54 Å². The monoisotopic (exact) mass is 283 g/mol. The predicted octanol–water partition coefficient (Wildman–Crippen LogP) is 1.86. The Hall–Kier alpha value is -2.35. The molecule has 2 aliphatic rings. The lowest BCUT2D eigenvalue weighted by Gasteiger charge is -2.23. The average molecular weight is 283 g/mol. The van der Waals surface area contributed by atoms with E-state index in [9.17, 15) is 9.59 Å². The number of urea groups is 1. The minimum absolute atomic E-state index is 0.141. The molecule has 0 saturated carbocycles. The molecule has 1 N–H and O–H groups in total. The van der Waals surface area contributed by atoms with Crippen LogP contribution in [0.5, 0.6) is 0 Å². The average Bonchev–Trinajstić information content (AvgIpc) is 3.01. The van der Waals surface area contributed by atoms with Crippen LogP contribution in [0.15, 0.2) is 18.2 Å². The zero-order valence-electron chi connectivity index (χ0n) is 12.0. The van der Waals surface area contributed by atoms with Gasteiger partial charge < -0.3 is 5.32 Å². The lowest BCUT2D eigenvalue weighted by Crippen LogP contribution is -2.41. The first-order chi connectivity index (χ1) is 10.1. The number of imide groups is 1. The van der Waals surface area contributed by atoms with Gasteiger partial charge in [0.2, 0.25) is 0 Å². The maximum absolute atomic E-state index is 12.6. The van der Waals surface area contributed by atoms with E-state index < -0.39 is 11.6 Å². The van der Waals surface area contributed by atoms with E-state index in [1.54, 1.807) is 6.92 Å². The van der Waals surface area contributed by atoms with Gasteiger partial charge in [-0.2, -0.15) is 5.26 Å². The molecule has 1 aliphatic heterocycles. The molecular weight excluding hydrogens is 266 g/mol. The van der Waals surface area contributed by atoms with Gasteiger partial charge in [-0.05, 0) is 42.9 Å². The number of nitriles is 1. The third-order valence-electron chi connectivity index (χ3n) is 4.40. The minimum Gasteiger partial charge on any atom is -0.319 e. The highest BCUT2D eigenvalue weighted by molar-refractivity contribution is 6.07. The van der Waals surface area contributed by atoms with Gasteiger partial charge in [0.1, 0.15) is 5.54 Å². The second-order valence-electron chi connectivity index (χ2n) is 5.76. The van der Waals surface area contributed by atoms with Crippen LogP contribution in [0.2, 0.25) is 0 Å². The Kier molecular flexibility index (Phi) is 3.17. The molecule has 3 rings (SSSR count). The van der Waals surface area contributed by atoms with E-state index in [1.165, 1.54) is 11.1 Å². The molecule has 5 nitrogen and oxygen atoms in total. The van der Waals surface area contributed by atoms with Gasteiger partial charge in [-0.3, -0.25) is 9.69 Å². The van der Waals surface area contributed by atoms with Crippen LogP contribution in [0.4, 0.5) is 4.79 Å². The molecule has 0 aromatic heterocycles. The van der Waals surface area contributed by atoms with Gasteiger partial charge in [-0.1, -0.05) is 18.2 Å². The number of carbonyl (C=O) groups excluding carboxylic acids is 2. The van der Waals surface area contributed by atoms with Crippen LogP contribution in [0, 0.1) is 11.3 Å². The molecule has 0 spiro atoms. The van der Waals surface area contributed by atoms with Gasteiger partial charge >= 0.3 is 6.03 Å². The Balaban J connectivity index is 1.92. The highest BCUT2D eigenvalue weighted by Gasteiger charge is 2.48. The van der Waals surface area contributed by atoms with Crippen LogP contribution in [-0.2, 0) is 23.2 Å². The Morgan fingerprint density at radius 3 is 2.86 bits per heavy atom. The van der Waals surface area contributed by atoms with Crippen molar-refractivity contribution < 1.29 is 9.59 Å². The smallest absolute Gasteiger partial charge is 0.319 e. The van der Waals surface area contributed by atoms with Gasteiger partial charge in [0.05, 0.1) is 12.5 Å². The fourth-order valence-electron chi connectivity index (χ4n) is 3.14. The van der Waals surface area contributed by atoms with Gasteiger partial charge in [0.15, 0.2) is 0 Å². The summed E-state index contributed by atoms with van der Waals surface area (Å²) in [5.41, 5.74) is 2.40. The van der Waals surface area contributed by atoms with Crippen LogP contribution >= 0.6 is 0 Å². The maximum Gasteiger partial charge on any atom is 0.325 e. The van der Waals surface area contributed by atoms with Gasteiger partial charge in [-0.15, -0.1) is 0 Å². The number of carbonyl (C=O) groups is 2. The van der Waals surface area contributed by atoms with E-state index in [0.717, 1.165) is 29.7 Å². The number of rotatable bonds is 3. The SMILES string of the molecule is C[C@]1(c2ccc3c(c2)CCC3)NC(=O)N(CCC#N)C1=O. The quantitative estimate of drug-likeness (QED) is 0.860. The number of benzene rings is 1. The molecule has 1 fully saturated rings. The third kappa shape index (κ3) is 2.07. The summed E-state index contributed by atoms with van der Waals surface area (Å²) in [4.78, 5) is 25.7. The molecule has 108 valence electrons. The fraction of sp³-hybridized carbons (Fsp3) is 0.438. The first kappa shape index (κ1) is 13.6. The number of aryl methyl sites for hydroxylation is 2. The van der Waals surface area contributed by atoms with Crippen molar-refractivity contribution in [2.45, 2.75) is 38.1 Å². The summed E-state index contributed by atoms with van der Waals surface area (Å²) in [6.07, 6.45) is 3.41. The van der Waals surface area contributed by atoms with Gasteiger partial charge in [0, 0.05) is 6.54 Å².